The minimum Gasteiger partial charge on any atom is -0.308 e. The van der Waals surface area contributed by atoms with Crippen LogP contribution in [0.3, 0.4) is 0 Å². The van der Waals surface area contributed by atoms with Gasteiger partial charge in [0, 0.05) is 19.3 Å². The van der Waals surface area contributed by atoms with E-state index in [1.54, 1.807) is 12.1 Å². The number of hydrogen-bond acceptors (Lipinski definition) is 6. The molecule has 30 heavy (non-hydrogen) atoms. The highest BCUT2D eigenvalue weighted by atomic mass is 35.5. The van der Waals surface area contributed by atoms with Gasteiger partial charge in [-0.3, -0.25) is 9.69 Å². The first-order valence-corrected chi connectivity index (χ1v) is 11.7. The number of amides is 1. The Hall–Kier alpha value is -1.78. The van der Waals surface area contributed by atoms with Crippen molar-refractivity contribution in [2.75, 3.05) is 38.3 Å². The molecule has 0 radical (unpaired) electrons. The summed E-state index contributed by atoms with van der Waals surface area (Å²) in [6.07, 6.45) is 1.12. The molecule has 0 aliphatic rings. The molecule has 6 nitrogen and oxygen atoms in total. The number of carbonyl (C=O) groups is 1. The number of benzene rings is 2. The summed E-state index contributed by atoms with van der Waals surface area (Å²) in [7, 11) is 0.256. The zero-order valence-corrected chi connectivity index (χ0v) is 19.6. The van der Waals surface area contributed by atoms with Crippen molar-refractivity contribution < 1.29 is 17.6 Å². The molecule has 162 valence electrons. The Kier molecular flexibility index (Phi) is 7.81. The Morgan fingerprint density at radius 1 is 1.20 bits per heavy atom. The molecule has 0 fully saturated rings. The molecule has 0 unspecified atom stereocenters. The molecule has 0 saturated carbocycles. The Bertz CT molecular complexity index is 1180. The predicted octanol–water partition coefficient (Wildman–Crippen LogP) is 4.12. The lowest BCUT2D eigenvalue weighted by Crippen LogP contribution is -2.36. The number of para-hydroxylation sites is 1. The fourth-order valence-electron chi connectivity index (χ4n) is 2.72. The average Bonchev–Trinajstić information content (AvgIpc) is 3.04. The second kappa shape index (κ2) is 9.57. The average molecular weight is 492 g/mol. The van der Waals surface area contributed by atoms with E-state index in [9.17, 15) is 17.6 Å². The highest BCUT2D eigenvalue weighted by Gasteiger charge is 2.25. The molecule has 2 aromatic carbocycles. The summed E-state index contributed by atoms with van der Waals surface area (Å²) in [6.45, 7) is 0.840. The molecule has 11 heteroatoms. The zero-order valence-electron chi connectivity index (χ0n) is 16.4. The molecule has 0 spiro atoms. The van der Waals surface area contributed by atoms with E-state index >= 15 is 0 Å². The number of nitrogens with zero attached hydrogens (tertiary/aromatic N) is 3. The molecule has 1 amide bonds. The molecule has 1 heterocycles. The van der Waals surface area contributed by atoms with Crippen LogP contribution in [0.25, 0.3) is 10.2 Å². The minimum atomic E-state index is -3.48. The summed E-state index contributed by atoms with van der Waals surface area (Å²) < 4.78 is 38.2. The molecule has 1 aromatic heterocycles. The monoisotopic (exact) mass is 491 g/mol. The predicted molar refractivity (Wildman–Crippen MR) is 122 cm³/mol. The molecule has 3 rings (SSSR count). The molecule has 0 saturated heterocycles. The van der Waals surface area contributed by atoms with E-state index in [0.717, 1.165) is 12.3 Å². The Balaban J connectivity index is 0.00000320. The Morgan fingerprint density at radius 2 is 1.90 bits per heavy atom. The van der Waals surface area contributed by atoms with Gasteiger partial charge >= 0.3 is 0 Å². The molecule has 0 aliphatic carbocycles. The maximum atomic E-state index is 13.4. The third-order valence-corrected chi connectivity index (χ3v) is 6.66. The number of rotatable bonds is 6. The van der Waals surface area contributed by atoms with Crippen molar-refractivity contribution in [1.82, 2.24) is 9.88 Å². The summed E-state index contributed by atoms with van der Waals surface area (Å²) in [5.41, 5.74) is 0.470. The lowest BCUT2D eigenvalue weighted by atomic mass is 10.2. The van der Waals surface area contributed by atoms with Crippen molar-refractivity contribution in [3.63, 3.8) is 0 Å². The van der Waals surface area contributed by atoms with Gasteiger partial charge in [-0.15, -0.1) is 12.4 Å². The van der Waals surface area contributed by atoms with Gasteiger partial charge in [0.25, 0.3) is 5.91 Å². The number of aromatic nitrogens is 1. The van der Waals surface area contributed by atoms with Gasteiger partial charge in [0.1, 0.15) is 11.3 Å². The Labute approximate surface area is 189 Å². The Morgan fingerprint density at radius 3 is 2.50 bits per heavy atom. The van der Waals surface area contributed by atoms with Gasteiger partial charge in [0.2, 0.25) is 0 Å². The highest BCUT2D eigenvalue weighted by Crippen LogP contribution is 2.33. The van der Waals surface area contributed by atoms with Crippen molar-refractivity contribution in [2.24, 2.45) is 0 Å². The highest BCUT2D eigenvalue weighted by molar-refractivity contribution is 7.91. The van der Waals surface area contributed by atoms with Crippen LogP contribution in [0.15, 0.2) is 41.3 Å². The number of hydrogen-bond donors (Lipinski definition) is 0. The van der Waals surface area contributed by atoms with Crippen LogP contribution in [0.2, 0.25) is 5.02 Å². The summed E-state index contributed by atoms with van der Waals surface area (Å²) in [5.74, 6) is -0.971. The largest absolute Gasteiger partial charge is 0.308 e. The SMILES string of the molecule is CN(C)CCN(C(=O)c1ccc(F)cc1Cl)c1nc2c(S(C)(=O)=O)cccc2s1.Cl. The summed E-state index contributed by atoms with van der Waals surface area (Å²) >= 11 is 7.30. The maximum Gasteiger partial charge on any atom is 0.261 e. The van der Waals surface area contributed by atoms with Gasteiger partial charge in [-0.1, -0.05) is 29.0 Å². The minimum absolute atomic E-state index is 0. The van der Waals surface area contributed by atoms with Crippen LogP contribution < -0.4 is 4.90 Å². The van der Waals surface area contributed by atoms with Crippen LogP contribution in [0.4, 0.5) is 9.52 Å². The fourth-order valence-corrected chi connectivity index (χ4v) is 4.88. The van der Waals surface area contributed by atoms with E-state index in [0.29, 0.717) is 28.4 Å². The van der Waals surface area contributed by atoms with Crippen LogP contribution in [-0.4, -0.2) is 57.6 Å². The maximum absolute atomic E-state index is 13.4. The summed E-state index contributed by atoms with van der Waals surface area (Å²) in [5, 5.41) is 0.353. The quantitative estimate of drug-likeness (QED) is 0.518. The van der Waals surface area contributed by atoms with Gasteiger partial charge < -0.3 is 4.90 Å². The second-order valence-electron chi connectivity index (χ2n) is 6.76. The first kappa shape index (κ1) is 24.5. The molecule has 3 aromatic rings. The molecule has 0 N–H and O–H groups in total. The van der Waals surface area contributed by atoms with Crippen molar-refractivity contribution in [3.8, 4) is 0 Å². The molecule has 0 aliphatic heterocycles. The molecular weight excluding hydrogens is 472 g/mol. The van der Waals surface area contributed by atoms with Crippen LogP contribution in [0.5, 0.6) is 0 Å². The summed E-state index contributed by atoms with van der Waals surface area (Å²) in [4.78, 5) is 21.1. The number of sulfone groups is 1. The van der Waals surface area contributed by atoms with Gasteiger partial charge in [0.05, 0.1) is 20.2 Å². The zero-order chi connectivity index (χ0) is 21.3. The smallest absolute Gasteiger partial charge is 0.261 e. The van der Waals surface area contributed by atoms with Crippen LogP contribution >= 0.6 is 35.3 Å². The number of thiazole rings is 1. The molecular formula is C19H20Cl2FN3O3S2. The lowest BCUT2D eigenvalue weighted by molar-refractivity contribution is 0.0985. The van der Waals surface area contributed by atoms with Crippen LogP contribution in [0, 0.1) is 5.82 Å². The number of likely N-dealkylation sites (N-methyl/N-ethyl adjacent to an activating group) is 1. The number of carbonyl (C=O) groups excluding carboxylic acids is 1. The fraction of sp³-hybridized carbons (Fsp3) is 0.263. The number of halogens is 3. The van der Waals surface area contributed by atoms with Crippen molar-refractivity contribution >= 4 is 66.4 Å². The van der Waals surface area contributed by atoms with Crippen molar-refractivity contribution in [3.05, 3.63) is 52.8 Å². The third-order valence-electron chi connectivity index (χ3n) is 4.18. The van der Waals surface area contributed by atoms with E-state index in [1.807, 2.05) is 19.0 Å². The number of fused-ring (bicyclic) bond motifs is 1. The van der Waals surface area contributed by atoms with Gasteiger partial charge in [-0.05, 0) is 44.4 Å². The van der Waals surface area contributed by atoms with E-state index in [-0.39, 0.29) is 27.9 Å². The van der Waals surface area contributed by atoms with E-state index < -0.39 is 21.6 Å². The molecule has 0 bridgehead atoms. The van der Waals surface area contributed by atoms with Crippen molar-refractivity contribution in [1.29, 1.82) is 0 Å². The third kappa shape index (κ3) is 5.28. The van der Waals surface area contributed by atoms with E-state index in [2.05, 4.69) is 4.98 Å². The normalized spacial score (nSPS) is 11.5. The topological polar surface area (TPSA) is 70.6 Å². The molecule has 0 atom stereocenters. The van der Waals surface area contributed by atoms with E-state index in [4.69, 9.17) is 11.6 Å². The van der Waals surface area contributed by atoms with Gasteiger partial charge in [-0.2, -0.15) is 0 Å². The lowest BCUT2D eigenvalue weighted by Gasteiger charge is -2.22. The van der Waals surface area contributed by atoms with Gasteiger partial charge in [0.15, 0.2) is 15.0 Å². The second-order valence-corrected chi connectivity index (χ2v) is 10.2. The first-order valence-electron chi connectivity index (χ1n) is 8.59. The standard InChI is InChI=1S/C19H19ClFN3O3S2.ClH/c1-23(2)9-10-24(18(25)13-8-7-12(21)11-14(13)20)19-22-17-15(28-19)5-4-6-16(17)29(3,26)27;/h4-8,11H,9-10H2,1-3H3;1H. The first-order chi connectivity index (χ1) is 13.6. The number of anilines is 1. The van der Waals surface area contributed by atoms with Gasteiger partial charge in [-0.25, -0.2) is 17.8 Å². The van der Waals surface area contributed by atoms with Crippen LogP contribution in [-0.2, 0) is 9.84 Å². The van der Waals surface area contributed by atoms with Crippen LogP contribution in [0.1, 0.15) is 10.4 Å². The summed E-state index contributed by atoms with van der Waals surface area (Å²) in [6, 6.07) is 8.47. The van der Waals surface area contributed by atoms with E-state index in [1.165, 1.54) is 34.4 Å². The van der Waals surface area contributed by atoms with Crippen molar-refractivity contribution in [2.45, 2.75) is 4.90 Å².